The molecule has 1 amide bonds. The van der Waals surface area contributed by atoms with Crippen LogP contribution in [0.1, 0.15) is 36.4 Å². The molecule has 1 aromatic heterocycles. The third-order valence-electron chi connectivity index (χ3n) is 5.15. The Kier molecular flexibility index (Phi) is 5.30. The Labute approximate surface area is 171 Å². The topological polar surface area (TPSA) is 45.2 Å². The van der Waals surface area contributed by atoms with Crippen LogP contribution >= 0.6 is 27.3 Å². The van der Waals surface area contributed by atoms with Gasteiger partial charge in [-0.15, -0.1) is 11.3 Å². The number of carbonyl (C=O) groups is 1. The summed E-state index contributed by atoms with van der Waals surface area (Å²) in [6, 6.07) is 14.2. The van der Waals surface area contributed by atoms with Crippen molar-refractivity contribution in [1.29, 1.82) is 0 Å². The molecule has 2 aromatic carbocycles. The van der Waals surface area contributed by atoms with E-state index in [4.69, 9.17) is 4.98 Å². The smallest absolute Gasteiger partial charge is 0.241 e. The van der Waals surface area contributed by atoms with Crippen LogP contribution in [0, 0.1) is 6.92 Å². The Bertz CT molecular complexity index is 953. The summed E-state index contributed by atoms with van der Waals surface area (Å²) in [4.78, 5) is 20.0. The highest BCUT2D eigenvalue weighted by Gasteiger charge is 2.34. The Morgan fingerprint density at radius 2 is 2.15 bits per heavy atom. The van der Waals surface area contributed by atoms with Gasteiger partial charge in [0.05, 0.1) is 28.0 Å². The van der Waals surface area contributed by atoms with E-state index in [9.17, 15) is 4.79 Å². The van der Waals surface area contributed by atoms with E-state index in [1.165, 1.54) is 4.70 Å². The summed E-state index contributed by atoms with van der Waals surface area (Å²) in [6.07, 6.45) is 2.14. The number of nitrogens with zero attached hydrogens (tertiary/aromatic N) is 2. The van der Waals surface area contributed by atoms with E-state index in [0.717, 1.165) is 45.6 Å². The summed E-state index contributed by atoms with van der Waals surface area (Å²) in [5.41, 5.74) is 3.02. The van der Waals surface area contributed by atoms with Crippen molar-refractivity contribution in [1.82, 2.24) is 9.88 Å². The number of rotatable bonds is 4. The van der Waals surface area contributed by atoms with Gasteiger partial charge in [0.15, 0.2) is 0 Å². The van der Waals surface area contributed by atoms with Gasteiger partial charge >= 0.3 is 0 Å². The van der Waals surface area contributed by atoms with Crippen molar-refractivity contribution >= 4 is 49.1 Å². The normalized spacial score (nSPS) is 18.7. The van der Waals surface area contributed by atoms with Crippen LogP contribution in [-0.4, -0.2) is 28.4 Å². The minimum atomic E-state index is -0.210. The number of thiazole rings is 1. The number of para-hydroxylation sites is 1. The molecule has 1 saturated heterocycles. The molecule has 0 radical (unpaired) electrons. The lowest BCUT2D eigenvalue weighted by atomic mass is 10.2. The number of fused-ring (bicyclic) bond motifs is 1. The molecule has 4 rings (SSSR count). The molecule has 0 aliphatic carbocycles. The molecule has 0 bridgehead atoms. The van der Waals surface area contributed by atoms with Crippen LogP contribution in [-0.2, 0) is 4.79 Å². The van der Waals surface area contributed by atoms with Gasteiger partial charge in [0.2, 0.25) is 5.91 Å². The lowest BCUT2D eigenvalue weighted by Crippen LogP contribution is -2.41. The fourth-order valence-corrected chi connectivity index (χ4v) is 5.38. The monoisotopic (exact) mass is 443 g/mol. The molecule has 1 aliphatic rings. The quantitative estimate of drug-likeness (QED) is 0.576. The molecule has 1 N–H and O–H groups in total. The fourth-order valence-electron chi connectivity index (χ4n) is 3.66. The second kappa shape index (κ2) is 7.70. The van der Waals surface area contributed by atoms with Gasteiger partial charge in [-0.2, -0.15) is 0 Å². The van der Waals surface area contributed by atoms with E-state index >= 15 is 0 Å². The first-order chi connectivity index (χ1) is 13.0. The first-order valence-electron chi connectivity index (χ1n) is 9.21. The zero-order chi connectivity index (χ0) is 19.0. The molecule has 4 nitrogen and oxygen atoms in total. The van der Waals surface area contributed by atoms with Gasteiger partial charge in [0.25, 0.3) is 0 Å². The van der Waals surface area contributed by atoms with Gasteiger partial charge in [0, 0.05) is 4.47 Å². The van der Waals surface area contributed by atoms with Gasteiger partial charge in [-0.3, -0.25) is 9.69 Å². The van der Waals surface area contributed by atoms with Gasteiger partial charge in [-0.05, 0) is 79.0 Å². The first kappa shape index (κ1) is 18.6. The van der Waals surface area contributed by atoms with Crippen molar-refractivity contribution in [3.63, 3.8) is 0 Å². The second-order valence-corrected chi connectivity index (χ2v) is 8.98. The van der Waals surface area contributed by atoms with Crippen LogP contribution in [0.3, 0.4) is 0 Å². The minimum absolute atomic E-state index is 0.0209. The van der Waals surface area contributed by atoms with E-state index in [1.54, 1.807) is 11.3 Å². The summed E-state index contributed by atoms with van der Waals surface area (Å²) in [7, 11) is 0. The Morgan fingerprint density at radius 1 is 1.33 bits per heavy atom. The molecule has 6 heteroatoms. The molecule has 2 heterocycles. The summed E-state index contributed by atoms with van der Waals surface area (Å²) >= 11 is 5.28. The zero-order valence-corrected chi connectivity index (χ0v) is 17.8. The van der Waals surface area contributed by atoms with Crippen molar-refractivity contribution in [2.45, 2.75) is 38.8 Å². The number of aryl methyl sites for hydroxylation is 1. The number of nitrogens with one attached hydrogen (secondary N) is 1. The fraction of sp³-hybridized carbons (Fsp3) is 0.333. The maximum Gasteiger partial charge on any atom is 0.241 e. The molecule has 2 atom stereocenters. The van der Waals surface area contributed by atoms with Gasteiger partial charge < -0.3 is 5.32 Å². The molecule has 1 fully saturated rings. The van der Waals surface area contributed by atoms with E-state index in [-0.39, 0.29) is 18.0 Å². The standard InChI is InChI=1S/C21H22BrN3OS/c1-13-9-10-16(15(22)12-13)23-20(26)14(2)25-11-5-7-18(25)21-24-17-6-3-4-8-19(17)27-21/h3-4,6,8-10,12,14,18H,5,7,11H2,1-2H3,(H,23,26). The first-order valence-corrected chi connectivity index (χ1v) is 10.8. The van der Waals surface area contributed by atoms with Gasteiger partial charge in [0.1, 0.15) is 5.01 Å². The number of amides is 1. The largest absolute Gasteiger partial charge is 0.324 e. The molecule has 0 saturated carbocycles. The average molecular weight is 444 g/mol. The molecule has 1 aliphatic heterocycles. The maximum absolute atomic E-state index is 12.9. The van der Waals surface area contributed by atoms with Gasteiger partial charge in [-0.25, -0.2) is 4.98 Å². The minimum Gasteiger partial charge on any atom is -0.324 e. The highest BCUT2D eigenvalue weighted by Crippen LogP contribution is 2.37. The molecule has 3 aromatic rings. The number of aromatic nitrogens is 1. The lowest BCUT2D eigenvalue weighted by Gasteiger charge is -2.28. The molecular formula is C21H22BrN3OS. The summed E-state index contributed by atoms with van der Waals surface area (Å²) < 4.78 is 2.12. The summed E-state index contributed by atoms with van der Waals surface area (Å²) in [5, 5.41) is 4.18. The maximum atomic E-state index is 12.9. The number of benzene rings is 2. The number of halogens is 1. The van der Waals surface area contributed by atoms with Crippen molar-refractivity contribution in [2.24, 2.45) is 0 Å². The average Bonchev–Trinajstić information content (AvgIpc) is 3.29. The number of anilines is 1. The highest BCUT2D eigenvalue weighted by atomic mass is 79.9. The van der Waals surface area contributed by atoms with Crippen LogP contribution in [0.15, 0.2) is 46.9 Å². The number of hydrogen-bond acceptors (Lipinski definition) is 4. The Balaban J connectivity index is 1.53. The third kappa shape index (κ3) is 3.79. The van der Waals surface area contributed by atoms with E-state index in [2.05, 4.69) is 38.3 Å². The summed E-state index contributed by atoms with van der Waals surface area (Å²) in [5.74, 6) is 0.0209. The lowest BCUT2D eigenvalue weighted by molar-refractivity contribution is -0.121. The predicted molar refractivity (Wildman–Crippen MR) is 115 cm³/mol. The highest BCUT2D eigenvalue weighted by molar-refractivity contribution is 9.10. The second-order valence-electron chi connectivity index (χ2n) is 7.06. The zero-order valence-electron chi connectivity index (χ0n) is 15.4. The number of carbonyl (C=O) groups excluding carboxylic acids is 1. The molecule has 140 valence electrons. The third-order valence-corrected chi connectivity index (χ3v) is 6.94. The molecule has 27 heavy (non-hydrogen) atoms. The van der Waals surface area contributed by atoms with E-state index in [1.807, 2.05) is 44.2 Å². The van der Waals surface area contributed by atoms with Crippen molar-refractivity contribution < 1.29 is 4.79 Å². The van der Waals surface area contributed by atoms with E-state index < -0.39 is 0 Å². The molecule has 2 unspecified atom stereocenters. The van der Waals surface area contributed by atoms with Crippen molar-refractivity contribution in [2.75, 3.05) is 11.9 Å². The molecule has 0 spiro atoms. The van der Waals surface area contributed by atoms with Crippen LogP contribution in [0.25, 0.3) is 10.2 Å². The van der Waals surface area contributed by atoms with Crippen molar-refractivity contribution in [3.8, 4) is 0 Å². The molecular weight excluding hydrogens is 422 g/mol. The van der Waals surface area contributed by atoms with Crippen LogP contribution in [0.2, 0.25) is 0 Å². The van der Waals surface area contributed by atoms with Crippen LogP contribution < -0.4 is 5.32 Å². The van der Waals surface area contributed by atoms with Crippen LogP contribution in [0.4, 0.5) is 5.69 Å². The summed E-state index contributed by atoms with van der Waals surface area (Å²) in [6.45, 7) is 4.94. The Morgan fingerprint density at radius 3 is 2.93 bits per heavy atom. The van der Waals surface area contributed by atoms with Gasteiger partial charge in [-0.1, -0.05) is 18.2 Å². The number of likely N-dealkylation sites (tertiary alicyclic amines) is 1. The Hall–Kier alpha value is -1.76. The number of hydrogen-bond donors (Lipinski definition) is 1. The van der Waals surface area contributed by atoms with Crippen molar-refractivity contribution in [3.05, 3.63) is 57.5 Å². The van der Waals surface area contributed by atoms with Crippen LogP contribution in [0.5, 0.6) is 0 Å². The predicted octanol–water partition coefficient (Wildman–Crippen LogP) is 5.53. The van der Waals surface area contributed by atoms with E-state index in [0.29, 0.717) is 0 Å². The SMILES string of the molecule is Cc1ccc(NC(=O)C(C)N2CCCC2c2nc3ccccc3s2)c(Br)c1.